The predicted molar refractivity (Wildman–Crippen MR) is 133 cm³/mol. The van der Waals surface area contributed by atoms with Gasteiger partial charge in [-0.3, -0.25) is 0 Å². The van der Waals surface area contributed by atoms with E-state index in [4.69, 9.17) is 23.4 Å². The highest BCUT2D eigenvalue weighted by molar-refractivity contribution is 6.74. The molecule has 2 fully saturated rings. The Morgan fingerprint density at radius 3 is 2.06 bits per heavy atom. The summed E-state index contributed by atoms with van der Waals surface area (Å²) in [7, 11) is -1.89. The maximum Gasteiger partial charge on any atom is 0.192 e. The fourth-order valence-electron chi connectivity index (χ4n) is 4.09. The normalized spacial score (nSPS) is 30.4. The van der Waals surface area contributed by atoms with Crippen molar-refractivity contribution in [2.45, 2.75) is 148 Å². The Bertz CT molecular complexity index is 608. The third-order valence-corrected chi connectivity index (χ3v) is 11.4. The molecule has 188 valence electrons. The van der Waals surface area contributed by atoms with E-state index in [0.29, 0.717) is 6.61 Å². The lowest BCUT2D eigenvalue weighted by Crippen LogP contribution is -2.47. The summed E-state index contributed by atoms with van der Waals surface area (Å²) >= 11 is 0. The van der Waals surface area contributed by atoms with Crippen LogP contribution in [0.25, 0.3) is 0 Å². The van der Waals surface area contributed by atoms with Crippen LogP contribution in [0.2, 0.25) is 18.1 Å². The van der Waals surface area contributed by atoms with Crippen LogP contribution >= 0.6 is 0 Å². The highest BCUT2D eigenvalue weighted by Crippen LogP contribution is 2.41. The van der Waals surface area contributed by atoms with Crippen molar-refractivity contribution in [1.29, 1.82) is 0 Å². The van der Waals surface area contributed by atoms with E-state index in [1.54, 1.807) is 0 Å². The molecule has 0 aliphatic carbocycles. The molecular weight excluding hydrogens is 420 g/mol. The first-order valence-electron chi connectivity index (χ1n) is 12.7. The molecule has 0 aromatic rings. The highest BCUT2D eigenvalue weighted by Gasteiger charge is 2.53. The van der Waals surface area contributed by atoms with Gasteiger partial charge in [0.2, 0.25) is 0 Å². The molecular formula is C26H50O5Si. The molecule has 2 heterocycles. The maximum absolute atomic E-state index is 6.51. The van der Waals surface area contributed by atoms with E-state index < -0.39 is 19.9 Å². The summed E-state index contributed by atoms with van der Waals surface area (Å²) in [5.74, 6) is -1.32. The summed E-state index contributed by atoms with van der Waals surface area (Å²) in [5.41, 5.74) is 0. The molecule has 0 N–H and O–H groups in total. The molecule has 0 aromatic heterocycles. The Balaban J connectivity index is 2.06. The van der Waals surface area contributed by atoms with E-state index in [2.05, 4.69) is 52.9 Å². The summed E-state index contributed by atoms with van der Waals surface area (Å²) in [6.07, 6.45) is 11.1. The molecule has 2 saturated heterocycles. The average molecular weight is 471 g/mol. The van der Waals surface area contributed by atoms with E-state index in [0.717, 1.165) is 6.42 Å². The second kappa shape index (κ2) is 11.0. The van der Waals surface area contributed by atoms with Crippen LogP contribution in [-0.4, -0.2) is 50.9 Å². The zero-order chi connectivity index (χ0) is 24.2. The van der Waals surface area contributed by atoms with Crippen LogP contribution in [0, 0.1) is 0 Å². The topological polar surface area (TPSA) is 46.2 Å². The van der Waals surface area contributed by atoms with Gasteiger partial charge < -0.3 is 23.4 Å². The first-order chi connectivity index (χ1) is 14.7. The first kappa shape index (κ1) is 28.0. The van der Waals surface area contributed by atoms with Gasteiger partial charge in [-0.15, -0.1) is 0 Å². The van der Waals surface area contributed by atoms with Gasteiger partial charge in [0.15, 0.2) is 19.9 Å². The largest absolute Gasteiger partial charge is 0.414 e. The predicted octanol–water partition coefficient (Wildman–Crippen LogP) is 6.97. The third-order valence-electron chi connectivity index (χ3n) is 6.92. The van der Waals surface area contributed by atoms with Crippen LogP contribution in [0.5, 0.6) is 0 Å². The number of allylic oxidation sites excluding steroid dienone is 1. The van der Waals surface area contributed by atoms with Gasteiger partial charge in [-0.2, -0.15) is 0 Å². The van der Waals surface area contributed by atoms with E-state index >= 15 is 0 Å². The molecule has 0 unspecified atom stereocenters. The third kappa shape index (κ3) is 7.92. The molecule has 2 aliphatic heterocycles. The van der Waals surface area contributed by atoms with Crippen molar-refractivity contribution >= 4 is 8.32 Å². The smallest absolute Gasteiger partial charge is 0.192 e. The summed E-state index contributed by atoms with van der Waals surface area (Å²) in [6, 6.07) is 0. The molecule has 0 spiro atoms. The number of hydrogen-bond acceptors (Lipinski definition) is 5. The van der Waals surface area contributed by atoms with Gasteiger partial charge >= 0.3 is 0 Å². The maximum atomic E-state index is 6.51. The molecule has 0 saturated carbocycles. The Morgan fingerprint density at radius 1 is 0.844 bits per heavy atom. The van der Waals surface area contributed by atoms with Crippen LogP contribution in [0.3, 0.4) is 0 Å². The number of rotatable bonds is 11. The van der Waals surface area contributed by atoms with Crippen LogP contribution in [0.1, 0.15) is 93.9 Å². The van der Waals surface area contributed by atoms with E-state index in [-0.39, 0.29) is 29.5 Å². The van der Waals surface area contributed by atoms with Crippen LogP contribution in [-0.2, 0) is 23.4 Å². The molecule has 0 bridgehead atoms. The number of ether oxygens (including phenoxy) is 4. The fourth-order valence-corrected chi connectivity index (χ4v) is 5.11. The van der Waals surface area contributed by atoms with Gasteiger partial charge in [-0.25, -0.2) is 0 Å². The van der Waals surface area contributed by atoms with Gasteiger partial charge in [0.05, 0.1) is 6.61 Å². The molecule has 0 amide bonds. The summed E-state index contributed by atoms with van der Waals surface area (Å²) < 4.78 is 31.8. The SMILES string of the molecule is CCCCCCC/C=C\[C@@H]1OC(C)(C)O[C@H]1[C@H]1OC(C)(C)O[C@@H]1CO[Si](C)(C)C(C)(C)C. The molecule has 4 atom stereocenters. The summed E-state index contributed by atoms with van der Waals surface area (Å²) in [4.78, 5) is 0. The van der Waals surface area contributed by atoms with Crippen molar-refractivity contribution in [3.05, 3.63) is 12.2 Å². The zero-order valence-electron chi connectivity index (χ0n) is 22.5. The quantitative estimate of drug-likeness (QED) is 0.185. The molecule has 5 nitrogen and oxygen atoms in total. The average Bonchev–Trinajstić information content (AvgIpc) is 3.13. The Hall–Kier alpha value is -0.243. The van der Waals surface area contributed by atoms with E-state index in [1.165, 1.54) is 32.1 Å². The fraction of sp³-hybridized carbons (Fsp3) is 0.923. The second-order valence-corrected chi connectivity index (χ2v) is 16.7. The van der Waals surface area contributed by atoms with Crippen LogP contribution in [0.4, 0.5) is 0 Å². The minimum absolute atomic E-state index is 0.148. The van der Waals surface area contributed by atoms with Crippen molar-refractivity contribution in [1.82, 2.24) is 0 Å². The van der Waals surface area contributed by atoms with Crippen molar-refractivity contribution in [2.24, 2.45) is 0 Å². The molecule has 0 radical (unpaired) electrons. The number of hydrogen-bond donors (Lipinski definition) is 0. The lowest BCUT2D eigenvalue weighted by atomic mass is 10.0. The van der Waals surface area contributed by atoms with Gasteiger partial charge in [-0.05, 0) is 58.7 Å². The van der Waals surface area contributed by atoms with Crippen LogP contribution in [0.15, 0.2) is 12.2 Å². The molecule has 6 heteroatoms. The van der Waals surface area contributed by atoms with Crippen molar-refractivity contribution < 1.29 is 23.4 Å². The van der Waals surface area contributed by atoms with Gasteiger partial charge in [0.25, 0.3) is 0 Å². The zero-order valence-corrected chi connectivity index (χ0v) is 23.5. The Morgan fingerprint density at radius 2 is 1.44 bits per heavy atom. The Labute approximate surface area is 198 Å². The minimum atomic E-state index is -1.89. The van der Waals surface area contributed by atoms with Crippen molar-refractivity contribution in [3.8, 4) is 0 Å². The molecule has 0 aromatic carbocycles. The highest BCUT2D eigenvalue weighted by atomic mass is 28.4. The van der Waals surface area contributed by atoms with Gasteiger partial charge in [-0.1, -0.05) is 65.5 Å². The van der Waals surface area contributed by atoms with Gasteiger partial charge in [0, 0.05) is 0 Å². The standard InChI is InChI=1S/C26H50O5Si/c1-11-12-13-14-15-16-17-18-20-22(30-25(5,6)28-20)23-21(29-26(7,8)31-23)19-27-32(9,10)24(2,3)4/h17-18,20-23H,11-16,19H2,1-10H3/b18-17-/t20-,21+,22+,23-/m0/s1. The van der Waals surface area contributed by atoms with Crippen molar-refractivity contribution in [2.75, 3.05) is 6.61 Å². The lowest BCUT2D eigenvalue weighted by Gasteiger charge is -2.37. The van der Waals surface area contributed by atoms with E-state index in [9.17, 15) is 0 Å². The Kier molecular flexibility index (Phi) is 9.62. The number of unbranched alkanes of at least 4 members (excludes halogenated alkanes) is 5. The lowest BCUT2D eigenvalue weighted by molar-refractivity contribution is -0.175. The molecule has 32 heavy (non-hydrogen) atoms. The summed E-state index contributed by atoms with van der Waals surface area (Å²) in [6.45, 7) is 22.0. The van der Waals surface area contributed by atoms with Gasteiger partial charge in [0.1, 0.15) is 24.4 Å². The summed E-state index contributed by atoms with van der Waals surface area (Å²) in [5, 5.41) is 0.148. The molecule has 2 aliphatic rings. The first-order valence-corrected chi connectivity index (χ1v) is 15.6. The van der Waals surface area contributed by atoms with Crippen LogP contribution < -0.4 is 0 Å². The minimum Gasteiger partial charge on any atom is -0.414 e. The second-order valence-electron chi connectivity index (χ2n) is 11.9. The monoisotopic (exact) mass is 470 g/mol. The molecule has 2 rings (SSSR count). The van der Waals surface area contributed by atoms with Crippen molar-refractivity contribution in [3.63, 3.8) is 0 Å². The van der Waals surface area contributed by atoms with E-state index in [1.807, 2.05) is 27.7 Å².